The van der Waals surface area contributed by atoms with Gasteiger partial charge in [0.15, 0.2) is 0 Å². The molecule has 0 amide bonds. The second-order valence-corrected chi connectivity index (χ2v) is 4.97. The van der Waals surface area contributed by atoms with E-state index in [0.29, 0.717) is 0 Å². The molecule has 2 heterocycles. The first-order valence-corrected chi connectivity index (χ1v) is 7.06. The summed E-state index contributed by atoms with van der Waals surface area (Å²) in [5, 5.41) is 11.7. The van der Waals surface area contributed by atoms with Gasteiger partial charge in [-0.05, 0) is 18.2 Å². The highest BCUT2D eigenvalue weighted by Gasteiger charge is 2.16. The SMILES string of the molecule is CCNC(Cc1cn(C)nn1)c1cccc2nccnc12. The summed E-state index contributed by atoms with van der Waals surface area (Å²) in [6.07, 6.45) is 6.17. The lowest BCUT2D eigenvalue weighted by molar-refractivity contribution is 0.546. The predicted molar refractivity (Wildman–Crippen MR) is 80.7 cm³/mol. The molecule has 6 heteroatoms. The Bertz CT molecular complexity index is 730. The fraction of sp³-hybridized carbons (Fsp3) is 0.333. The zero-order valence-electron chi connectivity index (χ0n) is 12.2. The van der Waals surface area contributed by atoms with Gasteiger partial charge in [-0.15, -0.1) is 5.10 Å². The summed E-state index contributed by atoms with van der Waals surface area (Å²) < 4.78 is 1.72. The number of hydrogen-bond donors (Lipinski definition) is 1. The van der Waals surface area contributed by atoms with Crippen molar-refractivity contribution in [3.05, 3.63) is 48.0 Å². The molecule has 0 aliphatic heterocycles. The lowest BCUT2D eigenvalue weighted by Gasteiger charge is -2.18. The summed E-state index contributed by atoms with van der Waals surface area (Å²) in [4.78, 5) is 8.86. The van der Waals surface area contributed by atoms with E-state index in [2.05, 4.69) is 38.6 Å². The van der Waals surface area contributed by atoms with E-state index in [4.69, 9.17) is 0 Å². The lowest BCUT2D eigenvalue weighted by Crippen LogP contribution is -2.23. The van der Waals surface area contributed by atoms with Crippen LogP contribution in [0.25, 0.3) is 11.0 Å². The van der Waals surface area contributed by atoms with Crippen LogP contribution < -0.4 is 5.32 Å². The molecule has 3 aromatic rings. The Balaban J connectivity index is 1.98. The first-order valence-electron chi connectivity index (χ1n) is 7.06. The van der Waals surface area contributed by atoms with E-state index in [1.807, 2.05) is 25.4 Å². The van der Waals surface area contributed by atoms with E-state index in [1.165, 1.54) is 0 Å². The summed E-state index contributed by atoms with van der Waals surface area (Å²) in [6, 6.07) is 6.25. The molecule has 0 fully saturated rings. The summed E-state index contributed by atoms with van der Waals surface area (Å²) in [7, 11) is 1.88. The zero-order chi connectivity index (χ0) is 14.7. The minimum absolute atomic E-state index is 0.145. The highest BCUT2D eigenvalue weighted by molar-refractivity contribution is 5.78. The van der Waals surface area contributed by atoms with Crippen LogP contribution in [0.2, 0.25) is 0 Å². The van der Waals surface area contributed by atoms with Crippen molar-refractivity contribution in [1.82, 2.24) is 30.3 Å². The van der Waals surface area contributed by atoms with Gasteiger partial charge >= 0.3 is 0 Å². The molecule has 1 N–H and O–H groups in total. The summed E-state index contributed by atoms with van der Waals surface area (Å²) >= 11 is 0. The smallest absolute Gasteiger partial charge is 0.0934 e. The van der Waals surface area contributed by atoms with E-state index in [-0.39, 0.29) is 6.04 Å². The molecule has 1 aromatic carbocycles. The standard InChI is InChI=1S/C15H18N6/c1-3-16-14(9-11-10-21(2)20-19-11)12-5-4-6-13-15(12)18-8-7-17-13/h4-8,10,14,16H,3,9H2,1-2H3. The van der Waals surface area contributed by atoms with Crippen LogP contribution in [0.5, 0.6) is 0 Å². The minimum atomic E-state index is 0.145. The maximum absolute atomic E-state index is 4.49. The second-order valence-electron chi connectivity index (χ2n) is 4.97. The Morgan fingerprint density at radius 3 is 2.86 bits per heavy atom. The molecule has 1 unspecified atom stereocenters. The monoisotopic (exact) mass is 282 g/mol. The maximum Gasteiger partial charge on any atom is 0.0934 e. The Hall–Kier alpha value is -2.34. The normalized spacial score (nSPS) is 12.7. The number of para-hydroxylation sites is 1. The van der Waals surface area contributed by atoms with E-state index in [1.54, 1.807) is 17.1 Å². The van der Waals surface area contributed by atoms with Crippen molar-refractivity contribution in [2.24, 2.45) is 7.05 Å². The predicted octanol–water partition coefficient (Wildman–Crippen LogP) is 1.65. The van der Waals surface area contributed by atoms with Gasteiger partial charge in [-0.2, -0.15) is 0 Å². The third-order valence-electron chi connectivity index (χ3n) is 3.42. The van der Waals surface area contributed by atoms with Crippen molar-refractivity contribution in [2.75, 3.05) is 6.54 Å². The summed E-state index contributed by atoms with van der Waals surface area (Å²) in [5.41, 5.74) is 3.96. The van der Waals surface area contributed by atoms with Gasteiger partial charge in [-0.25, -0.2) is 0 Å². The minimum Gasteiger partial charge on any atom is -0.310 e. The van der Waals surface area contributed by atoms with Crippen molar-refractivity contribution in [3.63, 3.8) is 0 Å². The van der Waals surface area contributed by atoms with Crippen molar-refractivity contribution < 1.29 is 0 Å². The number of fused-ring (bicyclic) bond motifs is 1. The Kier molecular flexibility index (Phi) is 3.87. The van der Waals surface area contributed by atoms with Crippen LogP contribution >= 0.6 is 0 Å². The molecular formula is C15H18N6. The van der Waals surface area contributed by atoms with E-state index >= 15 is 0 Å². The average molecular weight is 282 g/mol. The number of hydrogen-bond acceptors (Lipinski definition) is 5. The Morgan fingerprint density at radius 1 is 1.24 bits per heavy atom. The number of aryl methyl sites for hydroxylation is 1. The van der Waals surface area contributed by atoms with Crippen molar-refractivity contribution >= 4 is 11.0 Å². The van der Waals surface area contributed by atoms with Crippen LogP contribution in [-0.2, 0) is 13.5 Å². The van der Waals surface area contributed by atoms with Crippen LogP contribution in [0.3, 0.4) is 0 Å². The van der Waals surface area contributed by atoms with E-state index in [0.717, 1.165) is 35.3 Å². The fourth-order valence-electron chi connectivity index (χ4n) is 2.53. The van der Waals surface area contributed by atoms with E-state index in [9.17, 15) is 0 Å². The zero-order valence-corrected chi connectivity index (χ0v) is 12.2. The fourth-order valence-corrected chi connectivity index (χ4v) is 2.53. The number of likely N-dealkylation sites (N-methyl/N-ethyl adjacent to an activating group) is 1. The lowest BCUT2D eigenvalue weighted by atomic mass is 10.0. The van der Waals surface area contributed by atoms with Crippen molar-refractivity contribution in [1.29, 1.82) is 0 Å². The summed E-state index contributed by atoms with van der Waals surface area (Å²) in [5.74, 6) is 0. The topological polar surface area (TPSA) is 68.5 Å². The first-order chi connectivity index (χ1) is 10.3. The molecule has 0 bridgehead atoms. The van der Waals surface area contributed by atoms with Gasteiger partial charge in [0.2, 0.25) is 0 Å². The molecule has 21 heavy (non-hydrogen) atoms. The molecule has 0 saturated heterocycles. The molecule has 1 atom stereocenters. The van der Waals surface area contributed by atoms with Gasteiger partial charge < -0.3 is 5.32 Å². The maximum atomic E-state index is 4.49. The van der Waals surface area contributed by atoms with Crippen LogP contribution in [0, 0.1) is 0 Å². The molecule has 6 nitrogen and oxygen atoms in total. The van der Waals surface area contributed by atoms with E-state index < -0.39 is 0 Å². The van der Waals surface area contributed by atoms with Gasteiger partial charge in [-0.3, -0.25) is 14.6 Å². The molecule has 2 aromatic heterocycles. The third-order valence-corrected chi connectivity index (χ3v) is 3.42. The van der Waals surface area contributed by atoms with Crippen LogP contribution in [0.1, 0.15) is 24.2 Å². The second kappa shape index (κ2) is 5.97. The van der Waals surface area contributed by atoms with Gasteiger partial charge in [0.05, 0.1) is 16.7 Å². The van der Waals surface area contributed by atoms with Gasteiger partial charge in [0, 0.05) is 38.1 Å². The molecule has 0 spiro atoms. The molecule has 3 rings (SSSR count). The van der Waals surface area contributed by atoms with Gasteiger partial charge in [0.1, 0.15) is 0 Å². The highest BCUT2D eigenvalue weighted by Crippen LogP contribution is 2.23. The molecule has 0 aliphatic carbocycles. The molecular weight excluding hydrogens is 264 g/mol. The number of nitrogens with zero attached hydrogens (tertiary/aromatic N) is 5. The molecule has 0 saturated carbocycles. The molecule has 108 valence electrons. The Labute approximate surface area is 123 Å². The number of benzene rings is 1. The number of aromatic nitrogens is 5. The van der Waals surface area contributed by atoms with Gasteiger partial charge in [0.25, 0.3) is 0 Å². The van der Waals surface area contributed by atoms with Crippen LogP contribution in [-0.4, -0.2) is 31.5 Å². The molecule has 0 radical (unpaired) electrons. The Morgan fingerprint density at radius 2 is 2.10 bits per heavy atom. The summed E-state index contributed by atoms with van der Waals surface area (Å²) in [6.45, 7) is 2.97. The quantitative estimate of drug-likeness (QED) is 0.770. The largest absolute Gasteiger partial charge is 0.310 e. The molecule has 0 aliphatic rings. The third kappa shape index (κ3) is 2.90. The van der Waals surface area contributed by atoms with Crippen LogP contribution in [0.4, 0.5) is 0 Å². The number of rotatable bonds is 5. The number of nitrogens with one attached hydrogen (secondary N) is 1. The van der Waals surface area contributed by atoms with Crippen molar-refractivity contribution in [2.45, 2.75) is 19.4 Å². The van der Waals surface area contributed by atoms with Crippen molar-refractivity contribution in [3.8, 4) is 0 Å². The average Bonchev–Trinajstić information content (AvgIpc) is 2.91. The van der Waals surface area contributed by atoms with Crippen LogP contribution in [0.15, 0.2) is 36.8 Å². The first kappa shape index (κ1) is 13.6. The van der Waals surface area contributed by atoms with Gasteiger partial charge in [-0.1, -0.05) is 24.3 Å². The highest BCUT2D eigenvalue weighted by atomic mass is 15.4.